The maximum Gasteiger partial charge on any atom is 0.257 e. The van der Waals surface area contributed by atoms with E-state index in [1.807, 2.05) is 41.3 Å². The molecule has 3 aromatic carbocycles. The number of aliphatic imine (C=N–C) groups is 2. The van der Waals surface area contributed by atoms with Gasteiger partial charge in [0, 0.05) is 44.1 Å². The maximum absolute atomic E-state index is 13.6. The molecule has 7 rings (SSSR count). The number of carbonyl (C=O) groups is 2. The smallest absolute Gasteiger partial charge is 0.257 e. The van der Waals surface area contributed by atoms with Crippen LogP contribution < -0.4 is 18.9 Å². The Morgan fingerprint density at radius 3 is 1.85 bits per heavy atom. The van der Waals surface area contributed by atoms with Crippen LogP contribution in [0.2, 0.25) is 0 Å². The van der Waals surface area contributed by atoms with E-state index >= 15 is 0 Å². The van der Waals surface area contributed by atoms with E-state index in [4.69, 9.17) is 23.9 Å². The Morgan fingerprint density at radius 1 is 0.739 bits per heavy atom. The third-order valence-electron chi connectivity index (χ3n) is 9.06. The zero-order chi connectivity index (χ0) is 31.8. The van der Waals surface area contributed by atoms with E-state index in [1.54, 1.807) is 38.5 Å². The van der Waals surface area contributed by atoms with E-state index < -0.39 is 0 Å². The van der Waals surface area contributed by atoms with Gasteiger partial charge in [-0.25, -0.2) is 0 Å². The fourth-order valence-electron chi connectivity index (χ4n) is 6.51. The van der Waals surface area contributed by atoms with Crippen LogP contribution in [0.1, 0.15) is 51.6 Å². The molecule has 1 fully saturated rings. The average Bonchev–Trinajstić information content (AvgIpc) is 3.40. The summed E-state index contributed by atoms with van der Waals surface area (Å²) in [6.07, 6.45) is 7.86. The van der Waals surface area contributed by atoms with E-state index in [2.05, 4.69) is 23.2 Å². The first-order chi connectivity index (χ1) is 22.5. The van der Waals surface area contributed by atoms with Crippen molar-refractivity contribution < 1.29 is 28.5 Å². The van der Waals surface area contributed by atoms with E-state index in [9.17, 15) is 9.59 Å². The average molecular weight is 621 g/mol. The van der Waals surface area contributed by atoms with Gasteiger partial charge < -0.3 is 28.7 Å². The molecular formula is C36H36N4O6. The summed E-state index contributed by atoms with van der Waals surface area (Å²) in [5, 5.41) is 0. The molecule has 0 spiro atoms. The molecule has 4 aliphatic rings. The largest absolute Gasteiger partial charge is 0.493 e. The summed E-state index contributed by atoms with van der Waals surface area (Å²) in [6.45, 7) is 3.83. The van der Waals surface area contributed by atoms with Crippen LogP contribution in [0, 0.1) is 0 Å². The number of nitrogens with zero attached hydrogens (tertiary/aromatic N) is 4. The first-order valence-electron chi connectivity index (χ1n) is 15.6. The van der Waals surface area contributed by atoms with Gasteiger partial charge in [-0.05, 0) is 43.0 Å². The number of ether oxygens (including phenoxy) is 4. The van der Waals surface area contributed by atoms with Crippen molar-refractivity contribution in [2.24, 2.45) is 9.98 Å². The van der Waals surface area contributed by atoms with Gasteiger partial charge in [-0.15, -0.1) is 0 Å². The summed E-state index contributed by atoms with van der Waals surface area (Å²) in [6, 6.07) is 15.0. The van der Waals surface area contributed by atoms with Gasteiger partial charge in [0.2, 0.25) is 0 Å². The predicted molar refractivity (Wildman–Crippen MR) is 175 cm³/mol. The molecule has 1 saturated heterocycles. The third-order valence-corrected chi connectivity index (χ3v) is 9.06. The lowest BCUT2D eigenvalue weighted by Gasteiger charge is -2.34. The van der Waals surface area contributed by atoms with E-state index in [0.717, 1.165) is 18.4 Å². The lowest BCUT2D eigenvalue weighted by atomic mass is 9.94. The molecule has 4 heterocycles. The number of methoxy groups -OCH3 is 2. The molecule has 2 atom stereocenters. The van der Waals surface area contributed by atoms with E-state index in [-0.39, 0.29) is 23.9 Å². The van der Waals surface area contributed by atoms with Crippen molar-refractivity contribution in [2.75, 3.05) is 34.0 Å². The summed E-state index contributed by atoms with van der Waals surface area (Å²) in [5.74, 6) is 1.82. The normalized spacial score (nSPS) is 20.3. The van der Waals surface area contributed by atoms with Crippen molar-refractivity contribution in [3.05, 3.63) is 82.4 Å². The minimum absolute atomic E-state index is 0.0498. The summed E-state index contributed by atoms with van der Waals surface area (Å²) in [7, 11) is 3.12. The molecule has 46 heavy (non-hydrogen) atoms. The van der Waals surface area contributed by atoms with Crippen LogP contribution in [0.15, 0.2) is 70.2 Å². The van der Waals surface area contributed by atoms with Crippen LogP contribution in [-0.4, -0.2) is 80.1 Å². The molecule has 0 radical (unpaired) electrons. The lowest BCUT2D eigenvalue weighted by molar-refractivity contribution is 0.0702. The molecule has 0 saturated carbocycles. The maximum atomic E-state index is 13.6. The van der Waals surface area contributed by atoms with Crippen molar-refractivity contribution in [3.63, 3.8) is 0 Å². The molecule has 236 valence electrons. The van der Waals surface area contributed by atoms with Crippen LogP contribution in [0.5, 0.6) is 23.0 Å². The molecule has 10 heteroatoms. The highest BCUT2D eigenvalue weighted by Crippen LogP contribution is 2.40. The Balaban J connectivity index is 1.01. The molecule has 2 amide bonds. The van der Waals surface area contributed by atoms with Crippen molar-refractivity contribution in [1.82, 2.24) is 9.80 Å². The van der Waals surface area contributed by atoms with Crippen molar-refractivity contribution in [3.8, 4) is 23.0 Å². The van der Waals surface area contributed by atoms with Crippen molar-refractivity contribution in [2.45, 2.75) is 44.8 Å². The Morgan fingerprint density at radius 2 is 1.28 bits per heavy atom. The predicted octanol–water partition coefficient (Wildman–Crippen LogP) is 5.71. The molecule has 4 aliphatic heterocycles. The summed E-state index contributed by atoms with van der Waals surface area (Å²) in [4.78, 5) is 40.1. The molecule has 10 nitrogen and oxygen atoms in total. The van der Waals surface area contributed by atoms with Gasteiger partial charge in [-0.3, -0.25) is 19.6 Å². The number of hydrogen-bond acceptors (Lipinski definition) is 8. The number of carbonyl (C=O) groups excluding carboxylic acids is 2. The summed E-state index contributed by atoms with van der Waals surface area (Å²) < 4.78 is 23.4. The van der Waals surface area contributed by atoms with Crippen molar-refractivity contribution in [1.29, 1.82) is 0 Å². The van der Waals surface area contributed by atoms with Crippen LogP contribution in [0.3, 0.4) is 0 Å². The Kier molecular flexibility index (Phi) is 7.94. The SMILES string of the molecule is C/C=C1/C[C@H]2C=Nc3cc(OCCCOc4cc5c(cc4OC)C(=O)N4Cc6ccccc6CC4C=N5)c(OC)cc3C(=O)N2C1. The number of benzene rings is 3. The highest BCUT2D eigenvalue weighted by Gasteiger charge is 2.35. The third kappa shape index (κ3) is 5.37. The Labute approximate surface area is 267 Å². The number of rotatable bonds is 8. The van der Waals surface area contributed by atoms with Gasteiger partial charge in [0.25, 0.3) is 11.8 Å². The quantitative estimate of drug-likeness (QED) is 0.236. The molecule has 0 aliphatic carbocycles. The van der Waals surface area contributed by atoms with Gasteiger partial charge >= 0.3 is 0 Å². The van der Waals surface area contributed by atoms with Gasteiger partial charge in [0.05, 0.1) is 62.0 Å². The Hall–Kier alpha value is -5.12. The van der Waals surface area contributed by atoms with E-state index in [1.165, 1.54) is 11.1 Å². The molecule has 0 N–H and O–H groups in total. The van der Waals surface area contributed by atoms with Crippen LogP contribution >= 0.6 is 0 Å². The second-order valence-corrected chi connectivity index (χ2v) is 11.8. The minimum Gasteiger partial charge on any atom is -0.493 e. The van der Waals surface area contributed by atoms with Crippen LogP contribution in [0.25, 0.3) is 0 Å². The molecular weight excluding hydrogens is 584 g/mol. The van der Waals surface area contributed by atoms with Crippen LogP contribution in [0.4, 0.5) is 11.4 Å². The van der Waals surface area contributed by atoms with Crippen molar-refractivity contribution >= 4 is 35.6 Å². The second-order valence-electron chi connectivity index (χ2n) is 11.8. The highest BCUT2D eigenvalue weighted by atomic mass is 16.5. The number of fused-ring (bicyclic) bond motifs is 5. The molecule has 0 bridgehead atoms. The minimum atomic E-state index is -0.112. The van der Waals surface area contributed by atoms with Gasteiger partial charge in [0.1, 0.15) is 0 Å². The van der Waals surface area contributed by atoms with E-state index in [0.29, 0.717) is 78.2 Å². The molecule has 3 aromatic rings. The second kappa shape index (κ2) is 12.3. The van der Waals surface area contributed by atoms with Gasteiger partial charge in [-0.1, -0.05) is 35.9 Å². The topological polar surface area (TPSA) is 102 Å². The fraction of sp³-hybridized carbons (Fsp3) is 0.333. The zero-order valence-corrected chi connectivity index (χ0v) is 26.2. The monoisotopic (exact) mass is 620 g/mol. The first-order valence-corrected chi connectivity index (χ1v) is 15.6. The summed E-state index contributed by atoms with van der Waals surface area (Å²) in [5.41, 5.74) is 5.75. The Bertz CT molecular complexity index is 1800. The zero-order valence-electron chi connectivity index (χ0n) is 26.2. The highest BCUT2D eigenvalue weighted by molar-refractivity contribution is 6.04. The first kappa shape index (κ1) is 29.6. The molecule has 0 aromatic heterocycles. The number of amides is 2. The van der Waals surface area contributed by atoms with Gasteiger partial charge in [0.15, 0.2) is 23.0 Å². The number of allylic oxidation sites excluding steroid dienone is 1. The standard InChI is InChI=1S/C36H36N4O6/c1-4-22-12-25-18-37-29-16-33(31(43-2)14-27(29)35(41)39(25)20-22)45-10-7-11-46-34-17-30-28(15-32(34)44-3)36(42)40-21-24-9-6-5-8-23(24)13-26(40)19-38-30/h4-6,8-9,14-19,25-26H,7,10-13,20-21H2,1-3H3/b22-4-/t25-,26?/m0/s1. The lowest BCUT2D eigenvalue weighted by Crippen LogP contribution is -2.44. The molecule has 1 unspecified atom stereocenters. The fourth-order valence-corrected chi connectivity index (χ4v) is 6.51. The van der Waals surface area contributed by atoms with Gasteiger partial charge in [-0.2, -0.15) is 0 Å². The summed E-state index contributed by atoms with van der Waals surface area (Å²) >= 11 is 0. The number of hydrogen-bond donors (Lipinski definition) is 0. The van der Waals surface area contributed by atoms with Crippen LogP contribution in [-0.2, 0) is 13.0 Å².